The van der Waals surface area contributed by atoms with E-state index in [1.165, 1.54) is 51.4 Å². The van der Waals surface area contributed by atoms with Crippen molar-refractivity contribution in [2.75, 3.05) is 26.4 Å². The van der Waals surface area contributed by atoms with E-state index in [9.17, 15) is 25.2 Å². The number of ether oxygens (including phenoxy) is 4. The van der Waals surface area contributed by atoms with Crippen molar-refractivity contribution in [2.24, 2.45) is 0 Å². The predicted octanol–water partition coefficient (Wildman–Crippen LogP) is 8.35. The van der Waals surface area contributed by atoms with E-state index >= 15 is 0 Å². The summed E-state index contributed by atoms with van der Waals surface area (Å²) in [6, 6.07) is 0. The van der Waals surface area contributed by atoms with Crippen LogP contribution in [0.3, 0.4) is 0 Å². The molecule has 1 aliphatic heterocycles. The molecule has 1 rings (SSSR count). The van der Waals surface area contributed by atoms with Crippen molar-refractivity contribution >= 4 is 5.97 Å². The lowest BCUT2D eigenvalue weighted by atomic mass is 9.99. The summed E-state index contributed by atoms with van der Waals surface area (Å²) in [6.45, 7) is 4.31. The van der Waals surface area contributed by atoms with Gasteiger partial charge in [-0.1, -0.05) is 139 Å². The molecule has 9 nitrogen and oxygen atoms in total. The summed E-state index contributed by atoms with van der Waals surface area (Å²) < 4.78 is 22.7. The molecule has 300 valence electrons. The molecule has 6 unspecified atom stereocenters. The maximum Gasteiger partial charge on any atom is 0.306 e. The van der Waals surface area contributed by atoms with E-state index in [1.54, 1.807) is 0 Å². The van der Waals surface area contributed by atoms with E-state index in [0.29, 0.717) is 13.0 Å². The lowest BCUT2D eigenvalue weighted by molar-refractivity contribution is -0.305. The van der Waals surface area contributed by atoms with Gasteiger partial charge < -0.3 is 39.4 Å². The Hall–Kier alpha value is -2.11. The van der Waals surface area contributed by atoms with Crippen LogP contribution in [0.1, 0.15) is 142 Å². The zero-order chi connectivity index (χ0) is 37.9. The first kappa shape index (κ1) is 47.9. The van der Waals surface area contributed by atoms with E-state index in [4.69, 9.17) is 18.9 Å². The van der Waals surface area contributed by atoms with Crippen LogP contribution >= 0.6 is 0 Å². The molecule has 0 aromatic rings. The van der Waals surface area contributed by atoms with Crippen LogP contribution in [0.25, 0.3) is 0 Å². The van der Waals surface area contributed by atoms with Gasteiger partial charge in [-0.05, 0) is 57.8 Å². The summed E-state index contributed by atoms with van der Waals surface area (Å²) in [7, 11) is 0. The van der Waals surface area contributed by atoms with Crippen LogP contribution in [0.5, 0.6) is 0 Å². The molecule has 6 atom stereocenters. The van der Waals surface area contributed by atoms with Crippen molar-refractivity contribution in [3.63, 3.8) is 0 Å². The summed E-state index contributed by atoms with van der Waals surface area (Å²) in [5.41, 5.74) is 0. The van der Waals surface area contributed by atoms with Crippen LogP contribution in [0, 0.1) is 0 Å². The maximum atomic E-state index is 12.7. The molecule has 52 heavy (non-hydrogen) atoms. The Labute approximate surface area is 315 Å². The van der Waals surface area contributed by atoms with Crippen molar-refractivity contribution in [3.05, 3.63) is 60.8 Å². The number of carbonyl (C=O) groups excluding carboxylic acids is 1. The molecular weight excluding hydrogens is 660 g/mol. The molecule has 1 aliphatic rings. The van der Waals surface area contributed by atoms with Crippen LogP contribution in [0.4, 0.5) is 0 Å². The number of carbonyl (C=O) groups is 1. The lowest BCUT2D eigenvalue weighted by Gasteiger charge is -2.39. The molecule has 0 aliphatic carbocycles. The van der Waals surface area contributed by atoms with Crippen LogP contribution in [-0.4, -0.2) is 89.6 Å². The molecule has 0 radical (unpaired) electrons. The second-order valence-electron chi connectivity index (χ2n) is 13.7. The molecule has 0 aromatic heterocycles. The van der Waals surface area contributed by atoms with Gasteiger partial charge in [-0.25, -0.2) is 0 Å². The second kappa shape index (κ2) is 34.6. The monoisotopic (exact) mass is 735 g/mol. The first-order valence-corrected chi connectivity index (χ1v) is 20.4. The van der Waals surface area contributed by atoms with Gasteiger partial charge in [0, 0.05) is 13.0 Å². The van der Waals surface area contributed by atoms with E-state index in [-0.39, 0.29) is 19.2 Å². The summed E-state index contributed by atoms with van der Waals surface area (Å²) in [5, 5.41) is 40.0. The number of aliphatic hydroxyl groups excluding tert-OH is 4. The smallest absolute Gasteiger partial charge is 0.306 e. The SMILES string of the molecule is CC/C=C\C/C=C\C/C=C\C/C=C\C/C=C\CCCCOCC(COC1OC(CO)C(O)C(O)C1O)OC(=O)CCCCCCCCCCCCC. The Bertz CT molecular complexity index is 974. The molecule has 9 heteroatoms. The molecule has 4 N–H and O–H groups in total. The van der Waals surface area contributed by atoms with Gasteiger partial charge in [0.05, 0.1) is 19.8 Å². The third-order valence-electron chi connectivity index (χ3n) is 8.95. The number of aliphatic hydroxyl groups is 4. The van der Waals surface area contributed by atoms with Gasteiger partial charge >= 0.3 is 5.97 Å². The van der Waals surface area contributed by atoms with Gasteiger partial charge in [-0.2, -0.15) is 0 Å². The minimum atomic E-state index is -1.54. The predicted molar refractivity (Wildman–Crippen MR) is 210 cm³/mol. The number of rotatable bonds is 33. The van der Waals surface area contributed by atoms with Crippen LogP contribution < -0.4 is 0 Å². The van der Waals surface area contributed by atoms with E-state index in [2.05, 4.69) is 74.6 Å². The maximum absolute atomic E-state index is 12.7. The van der Waals surface area contributed by atoms with Crippen LogP contribution in [0.2, 0.25) is 0 Å². The molecule has 1 saturated heterocycles. The molecule has 1 heterocycles. The zero-order valence-corrected chi connectivity index (χ0v) is 32.5. The van der Waals surface area contributed by atoms with Crippen molar-refractivity contribution in [2.45, 2.75) is 179 Å². The van der Waals surface area contributed by atoms with Crippen molar-refractivity contribution in [3.8, 4) is 0 Å². The fourth-order valence-electron chi connectivity index (χ4n) is 5.75. The third-order valence-corrected chi connectivity index (χ3v) is 8.95. The molecule has 0 aromatic carbocycles. The van der Waals surface area contributed by atoms with E-state index < -0.39 is 43.4 Å². The number of hydrogen-bond acceptors (Lipinski definition) is 9. The minimum Gasteiger partial charge on any atom is -0.457 e. The summed E-state index contributed by atoms with van der Waals surface area (Å²) in [4.78, 5) is 12.7. The summed E-state index contributed by atoms with van der Waals surface area (Å²) >= 11 is 0. The number of unbranched alkanes of at least 4 members (excludes halogenated alkanes) is 12. The van der Waals surface area contributed by atoms with E-state index in [0.717, 1.165) is 70.6 Å². The van der Waals surface area contributed by atoms with Crippen molar-refractivity contribution in [1.82, 2.24) is 0 Å². The first-order chi connectivity index (χ1) is 25.4. The fourth-order valence-corrected chi connectivity index (χ4v) is 5.75. The quantitative estimate of drug-likeness (QED) is 0.0298. The number of hydrogen-bond donors (Lipinski definition) is 4. The average Bonchev–Trinajstić information content (AvgIpc) is 3.14. The standard InChI is InChI=1S/C43H74O9/c1-3-5-7-9-11-13-15-16-17-18-19-20-21-23-25-27-29-31-33-49-35-37(36-50-43-42(48)41(47)40(46)38(34-44)52-43)51-39(45)32-30-28-26-24-22-14-12-10-8-6-4-2/h5,7,11,13,16-17,19-20,23,25,37-38,40-44,46-48H,3-4,6,8-10,12,14-15,18,21-22,24,26-36H2,1-2H3/b7-5-,13-11-,17-16-,20-19-,25-23-. The Kier molecular flexibility index (Phi) is 31.9. The summed E-state index contributed by atoms with van der Waals surface area (Å²) in [5.74, 6) is -0.333. The zero-order valence-electron chi connectivity index (χ0n) is 32.5. The van der Waals surface area contributed by atoms with Crippen LogP contribution in [-0.2, 0) is 23.7 Å². The van der Waals surface area contributed by atoms with Gasteiger partial charge in [0.25, 0.3) is 0 Å². The highest BCUT2D eigenvalue weighted by atomic mass is 16.7. The van der Waals surface area contributed by atoms with Crippen LogP contribution in [0.15, 0.2) is 60.8 Å². The normalized spacial score (nSPS) is 21.8. The summed E-state index contributed by atoms with van der Waals surface area (Å²) in [6.07, 6.45) is 35.4. The van der Waals surface area contributed by atoms with Gasteiger partial charge in [0.2, 0.25) is 0 Å². The average molecular weight is 735 g/mol. The fraction of sp³-hybridized carbons (Fsp3) is 0.744. The number of allylic oxidation sites excluding steroid dienone is 10. The topological polar surface area (TPSA) is 135 Å². The van der Waals surface area contributed by atoms with Gasteiger partial charge in [0.15, 0.2) is 6.29 Å². The van der Waals surface area contributed by atoms with E-state index in [1.807, 2.05) is 0 Å². The Morgan fingerprint density at radius 3 is 1.73 bits per heavy atom. The Balaban J connectivity index is 2.34. The largest absolute Gasteiger partial charge is 0.457 e. The third kappa shape index (κ3) is 25.8. The van der Waals surface area contributed by atoms with Crippen molar-refractivity contribution in [1.29, 1.82) is 0 Å². The van der Waals surface area contributed by atoms with Crippen molar-refractivity contribution < 1.29 is 44.2 Å². The second-order valence-corrected chi connectivity index (χ2v) is 13.7. The first-order valence-electron chi connectivity index (χ1n) is 20.4. The lowest BCUT2D eigenvalue weighted by Crippen LogP contribution is -2.59. The molecule has 0 saturated carbocycles. The number of esters is 1. The van der Waals surface area contributed by atoms with Gasteiger partial charge in [0.1, 0.15) is 30.5 Å². The Morgan fingerprint density at radius 2 is 1.17 bits per heavy atom. The molecule has 0 amide bonds. The highest BCUT2D eigenvalue weighted by molar-refractivity contribution is 5.69. The van der Waals surface area contributed by atoms with Gasteiger partial charge in [-0.15, -0.1) is 0 Å². The van der Waals surface area contributed by atoms with Gasteiger partial charge in [-0.3, -0.25) is 4.79 Å². The Morgan fingerprint density at radius 1 is 0.635 bits per heavy atom. The molecule has 0 bridgehead atoms. The highest BCUT2D eigenvalue weighted by Crippen LogP contribution is 2.22. The molecule has 1 fully saturated rings. The molecule has 0 spiro atoms. The molecular formula is C43H74O9. The highest BCUT2D eigenvalue weighted by Gasteiger charge is 2.44. The minimum absolute atomic E-state index is 0.114.